The van der Waals surface area contributed by atoms with Gasteiger partial charge in [-0.15, -0.1) is 12.4 Å². The lowest BCUT2D eigenvalue weighted by atomic mass is 9.92. The first-order valence-electron chi connectivity index (χ1n) is 8.35. The molecule has 2 aliphatic rings. The molecule has 0 radical (unpaired) electrons. The maximum Gasteiger partial charge on any atom is 0.223 e. The summed E-state index contributed by atoms with van der Waals surface area (Å²) in [7, 11) is 0. The number of hydrogen-bond acceptors (Lipinski definition) is 3. The van der Waals surface area contributed by atoms with Crippen LogP contribution in [0.3, 0.4) is 0 Å². The normalized spacial score (nSPS) is 21.4. The van der Waals surface area contributed by atoms with Gasteiger partial charge in [-0.2, -0.15) is 0 Å². The highest BCUT2D eigenvalue weighted by molar-refractivity contribution is 5.85. The van der Waals surface area contributed by atoms with E-state index in [9.17, 15) is 4.79 Å². The second kappa shape index (κ2) is 7.54. The lowest BCUT2D eigenvalue weighted by molar-refractivity contribution is -0.123. The molecule has 2 fully saturated rings. The lowest BCUT2D eigenvalue weighted by Crippen LogP contribution is -2.33. The molecule has 1 saturated heterocycles. The largest absolute Gasteiger partial charge is 0.494 e. The standard InChI is InChI=1S/C18H26N2O2.ClH/c1-3-22-16-10-13(2)4-5-14(16)12-20-17(21)15-11-18(15)6-8-19-9-7-18;/h4-5,10,15,19H,3,6-9,11-12H2,1-2H3,(H,20,21);1H. The van der Waals surface area contributed by atoms with E-state index in [0.717, 1.165) is 43.7 Å². The average molecular weight is 339 g/mol. The molecular weight excluding hydrogens is 312 g/mol. The number of nitrogens with one attached hydrogen (secondary N) is 2. The van der Waals surface area contributed by atoms with Crippen LogP contribution in [0.2, 0.25) is 0 Å². The summed E-state index contributed by atoms with van der Waals surface area (Å²) >= 11 is 0. The number of ether oxygens (including phenoxy) is 1. The van der Waals surface area contributed by atoms with Crippen molar-refractivity contribution in [3.05, 3.63) is 29.3 Å². The number of aryl methyl sites for hydroxylation is 1. The SMILES string of the molecule is CCOc1cc(C)ccc1CNC(=O)C1CC12CCNCC2.Cl. The van der Waals surface area contributed by atoms with Crippen LogP contribution in [-0.4, -0.2) is 25.6 Å². The van der Waals surface area contributed by atoms with Crippen LogP contribution in [0.1, 0.15) is 37.3 Å². The lowest BCUT2D eigenvalue weighted by Gasteiger charge is -2.23. The van der Waals surface area contributed by atoms with Crippen molar-refractivity contribution < 1.29 is 9.53 Å². The summed E-state index contributed by atoms with van der Waals surface area (Å²) in [5, 5.41) is 6.49. The van der Waals surface area contributed by atoms with E-state index in [1.165, 1.54) is 5.56 Å². The van der Waals surface area contributed by atoms with Crippen molar-refractivity contribution in [3.8, 4) is 5.75 Å². The Hall–Kier alpha value is -1.26. The Bertz CT molecular complexity index is 556. The molecule has 1 aromatic carbocycles. The summed E-state index contributed by atoms with van der Waals surface area (Å²) in [6, 6.07) is 6.15. The smallest absolute Gasteiger partial charge is 0.223 e. The molecule has 128 valence electrons. The Morgan fingerprint density at radius 1 is 1.39 bits per heavy atom. The molecule has 0 bridgehead atoms. The molecule has 5 heteroatoms. The maximum atomic E-state index is 12.4. The quantitative estimate of drug-likeness (QED) is 0.868. The van der Waals surface area contributed by atoms with Crippen molar-refractivity contribution in [2.75, 3.05) is 19.7 Å². The second-order valence-corrected chi connectivity index (χ2v) is 6.63. The Balaban J connectivity index is 0.00000192. The molecule has 0 aromatic heterocycles. The number of benzene rings is 1. The molecule has 1 amide bonds. The van der Waals surface area contributed by atoms with Gasteiger partial charge in [0.15, 0.2) is 0 Å². The molecule has 1 saturated carbocycles. The first kappa shape index (κ1) is 18.1. The van der Waals surface area contributed by atoms with Gasteiger partial charge in [0, 0.05) is 18.0 Å². The van der Waals surface area contributed by atoms with Gasteiger partial charge in [0.1, 0.15) is 5.75 Å². The van der Waals surface area contributed by atoms with E-state index in [1.807, 2.05) is 19.1 Å². The molecule has 3 rings (SSSR count). The predicted molar refractivity (Wildman–Crippen MR) is 94.1 cm³/mol. The van der Waals surface area contributed by atoms with Gasteiger partial charge in [-0.05, 0) is 63.2 Å². The summed E-state index contributed by atoms with van der Waals surface area (Å²) < 4.78 is 5.68. The van der Waals surface area contributed by atoms with Crippen LogP contribution in [0.5, 0.6) is 5.75 Å². The third-order valence-electron chi connectivity index (χ3n) is 5.08. The average Bonchev–Trinajstić information content (AvgIpc) is 3.20. The number of carbonyl (C=O) groups is 1. The number of rotatable bonds is 5. The maximum absolute atomic E-state index is 12.4. The van der Waals surface area contributed by atoms with Crippen LogP contribution in [-0.2, 0) is 11.3 Å². The fourth-order valence-corrected chi connectivity index (χ4v) is 3.60. The predicted octanol–water partition coefficient (Wildman–Crippen LogP) is 2.82. The third kappa shape index (κ3) is 3.99. The number of piperidine rings is 1. The molecule has 1 aliphatic heterocycles. The summed E-state index contributed by atoms with van der Waals surface area (Å²) in [6.45, 7) is 7.33. The minimum Gasteiger partial charge on any atom is -0.494 e. The zero-order valence-corrected chi connectivity index (χ0v) is 14.8. The van der Waals surface area contributed by atoms with Gasteiger partial charge in [-0.25, -0.2) is 0 Å². The van der Waals surface area contributed by atoms with Crippen LogP contribution in [0.25, 0.3) is 0 Å². The van der Waals surface area contributed by atoms with Crippen LogP contribution in [0, 0.1) is 18.3 Å². The summed E-state index contributed by atoms with van der Waals surface area (Å²) in [5.41, 5.74) is 2.53. The van der Waals surface area contributed by atoms with E-state index in [0.29, 0.717) is 18.6 Å². The number of halogens is 1. The molecule has 1 aliphatic carbocycles. The van der Waals surface area contributed by atoms with Crippen LogP contribution in [0.15, 0.2) is 18.2 Å². The van der Waals surface area contributed by atoms with Gasteiger partial charge >= 0.3 is 0 Å². The molecule has 1 aromatic rings. The molecule has 1 unspecified atom stereocenters. The van der Waals surface area contributed by atoms with E-state index in [1.54, 1.807) is 0 Å². The number of hydrogen-bond donors (Lipinski definition) is 2. The Morgan fingerprint density at radius 2 is 2.13 bits per heavy atom. The van der Waals surface area contributed by atoms with Gasteiger partial charge in [0.2, 0.25) is 5.91 Å². The third-order valence-corrected chi connectivity index (χ3v) is 5.08. The van der Waals surface area contributed by atoms with Gasteiger partial charge < -0.3 is 15.4 Å². The minimum absolute atomic E-state index is 0. The topological polar surface area (TPSA) is 50.4 Å². The molecular formula is C18H27ClN2O2. The highest BCUT2D eigenvalue weighted by Crippen LogP contribution is 2.58. The first-order chi connectivity index (χ1) is 10.6. The zero-order valence-electron chi connectivity index (χ0n) is 14.0. The summed E-state index contributed by atoms with van der Waals surface area (Å²) in [5.74, 6) is 1.32. The van der Waals surface area contributed by atoms with Crippen molar-refractivity contribution in [2.24, 2.45) is 11.3 Å². The van der Waals surface area contributed by atoms with Crippen LogP contribution < -0.4 is 15.4 Å². The monoisotopic (exact) mass is 338 g/mol. The van der Waals surface area contributed by atoms with E-state index < -0.39 is 0 Å². The number of amides is 1. The van der Waals surface area contributed by atoms with Crippen molar-refractivity contribution >= 4 is 18.3 Å². The fourth-order valence-electron chi connectivity index (χ4n) is 3.60. The van der Waals surface area contributed by atoms with Gasteiger partial charge in [-0.3, -0.25) is 4.79 Å². The number of carbonyl (C=O) groups excluding carboxylic acids is 1. The Labute approximate surface area is 144 Å². The fraction of sp³-hybridized carbons (Fsp3) is 0.611. The molecule has 23 heavy (non-hydrogen) atoms. The van der Waals surface area contributed by atoms with Gasteiger partial charge in [0.25, 0.3) is 0 Å². The highest BCUT2D eigenvalue weighted by Gasteiger charge is 2.57. The molecule has 2 N–H and O–H groups in total. The first-order valence-corrected chi connectivity index (χ1v) is 8.35. The van der Waals surface area contributed by atoms with E-state index >= 15 is 0 Å². The van der Waals surface area contributed by atoms with E-state index in [-0.39, 0.29) is 24.2 Å². The van der Waals surface area contributed by atoms with Crippen LogP contribution in [0.4, 0.5) is 0 Å². The van der Waals surface area contributed by atoms with Gasteiger partial charge in [-0.1, -0.05) is 12.1 Å². The van der Waals surface area contributed by atoms with Gasteiger partial charge in [0.05, 0.1) is 6.61 Å². The Kier molecular flexibility index (Phi) is 5.93. The van der Waals surface area contributed by atoms with E-state index in [2.05, 4.69) is 23.6 Å². The van der Waals surface area contributed by atoms with E-state index in [4.69, 9.17) is 4.74 Å². The van der Waals surface area contributed by atoms with Crippen molar-refractivity contribution in [3.63, 3.8) is 0 Å². The Morgan fingerprint density at radius 3 is 2.83 bits per heavy atom. The molecule has 1 heterocycles. The molecule has 1 atom stereocenters. The minimum atomic E-state index is 0. The molecule has 4 nitrogen and oxygen atoms in total. The second-order valence-electron chi connectivity index (χ2n) is 6.63. The molecule has 1 spiro atoms. The summed E-state index contributed by atoms with van der Waals surface area (Å²) in [6.07, 6.45) is 3.34. The van der Waals surface area contributed by atoms with Crippen molar-refractivity contribution in [1.82, 2.24) is 10.6 Å². The summed E-state index contributed by atoms with van der Waals surface area (Å²) in [4.78, 5) is 12.4. The highest BCUT2D eigenvalue weighted by atomic mass is 35.5. The van der Waals surface area contributed by atoms with Crippen molar-refractivity contribution in [2.45, 2.75) is 39.7 Å². The van der Waals surface area contributed by atoms with Crippen LogP contribution >= 0.6 is 12.4 Å². The van der Waals surface area contributed by atoms with Crippen molar-refractivity contribution in [1.29, 1.82) is 0 Å². The zero-order chi connectivity index (χ0) is 15.6.